The summed E-state index contributed by atoms with van der Waals surface area (Å²) in [7, 11) is 1.62. The van der Waals surface area contributed by atoms with Gasteiger partial charge in [-0.2, -0.15) is 5.10 Å². The summed E-state index contributed by atoms with van der Waals surface area (Å²) in [6.45, 7) is 0. The van der Waals surface area contributed by atoms with Gasteiger partial charge in [0.1, 0.15) is 10.9 Å². The Kier molecular flexibility index (Phi) is 3.95. The molecule has 0 aliphatic heterocycles. The van der Waals surface area contributed by atoms with Crippen molar-refractivity contribution in [3.05, 3.63) is 59.2 Å². The van der Waals surface area contributed by atoms with Crippen LogP contribution in [-0.4, -0.2) is 28.3 Å². The summed E-state index contributed by atoms with van der Waals surface area (Å²) in [4.78, 5) is 11.9. The van der Waals surface area contributed by atoms with Gasteiger partial charge in [-0.05, 0) is 30.3 Å². The molecule has 0 aliphatic rings. The Morgan fingerprint density at radius 1 is 1.12 bits per heavy atom. The Morgan fingerprint density at radius 3 is 2.84 bits per heavy atom. The smallest absolute Gasteiger partial charge is 0.222 e. The molecule has 0 unspecified atom stereocenters. The molecule has 25 heavy (non-hydrogen) atoms. The quantitative estimate of drug-likeness (QED) is 0.328. The lowest BCUT2D eigenvalue weighted by atomic mass is 10.1. The Bertz CT molecular complexity index is 1060. The fourth-order valence-corrected chi connectivity index (χ4v) is 2.72. The highest BCUT2D eigenvalue weighted by molar-refractivity contribution is 6.32. The van der Waals surface area contributed by atoms with Crippen LogP contribution < -0.4 is 10.2 Å². The van der Waals surface area contributed by atoms with Crippen LogP contribution in [0.1, 0.15) is 5.56 Å². The zero-order valence-electron chi connectivity index (χ0n) is 13.3. The summed E-state index contributed by atoms with van der Waals surface area (Å²) in [6.07, 6.45) is 1.62. The second kappa shape index (κ2) is 6.41. The van der Waals surface area contributed by atoms with E-state index in [1.54, 1.807) is 13.3 Å². The van der Waals surface area contributed by atoms with Crippen LogP contribution in [0.25, 0.3) is 21.9 Å². The summed E-state index contributed by atoms with van der Waals surface area (Å²) in [5.41, 5.74) is 6.17. The van der Waals surface area contributed by atoms with E-state index < -0.39 is 0 Å². The van der Waals surface area contributed by atoms with Crippen LogP contribution in [0, 0.1) is 0 Å². The molecule has 0 atom stereocenters. The molecule has 0 fully saturated rings. The molecule has 4 aromatic rings. The number of H-pyrrole nitrogens is 1. The number of pyridine rings is 1. The Hall–Kier alpha value is -3.12. The van der Waals surface area contributed by atoms with Gasteiger partial charge in [0.15, 0.2) is 0 Å². The summed E-state index contributed by atoms with van der Waals surface area (Å²) in [6, 6.07) is 15.3. The van der Waals surface area contributed by atoms with Crippen LogP contribution in [0.5, 0.6) is 5.75 Å². The molecular formula is C18H14ClN5O. The lowest BCUT2D eigenvalue weighted by molar-refractivity contribution is 0.415. The van der Waals surface area contributed by atoms with Crippen molar-refractivity contribution in [2.45, 2.75) is 0 Å². The number of benzene rings is 2. The minimum atomic E-state index is 0.371. The van der Waals surface area contributed by atoms with Crippen molar-refractivity contribution >= 4 is 45.7 Å². The summed E-state index contributed by atoms with van der Waals surface area (Å²) in [5, 5.41) is 5.52. The number of imidazole rings is 1. The molecule has 0 bridgehead atoms. The van der Waals surface area contributed by atoms with Crippen molar-refractivity contribution in [3.63, 3.8) is 0 Å². The lowest BCUT2D eigenvalue weighted by Gasteiger charge is -2.04. The second-order valence-corrected chi connectivity index (χ2v) is 5.76. The third-order valence-electron chi connectivity index (χ3n) is 3.77. The average molecular weight is 352 g/mol. The first-order valence-electron chi connectivity index (χ1n) is 7.61. The molecule has 2 aromatic carbocycles. The molecule has 2 aromatic heterocycles. The molecular weight excluding hydrogens is 338 g/mol. The second-order valence-electron chi connectivity index (χ2n) is 5.40. The number of anilines is 1. The van der Waals surface area contributed by atoms with E-state index in [0.717, 1.165) is 27.7 Å². The number of nitrogens with zero attached hydrogens (tertiary/aromatic N) is 3. The predicted molar refractivity (Wildman–Crippen MR) is 101 cm³/mol. The number of methoxy groups -OCH3 is 1. The first-order valence-corrected chi connectivity index (χ1v) is 7.99. The Morgan fingerprint density at radius 2 is 2.00 bits per heavy atom. The predicted octanol–water partition coefficient (Wildman–Crippen LogP) is 4.22. The molecule has 124 valence electrons. The molecule has 0 saturated carbocycles. The Balaban J connectivity index is 1.58. The minimum Gasteiger partial charge on any atom is -0.497 e. The number of fused-ring (bicyclic) bond motifs is 2. The van der Waals surface area contributed by atoms with E-state index in [-0.39, 0.29) is 0 Å². The summed E-state index contributed by atoms with van der Waals surface area (Å²) < 4.78 is 5.20. The van der Waals surface area contributed by atoms with Crippen LogP contribution >= 0.6 is 11.6 Å². The van der Waals surface area contributed by atoms with Gasteiger partial charge in [-0.15, -0.1) is 0 Å². The molecule has 0 spiro atoms. The Labute approximate surface area is 148 Å². The fourth-order valence-electron chi connectivity index (χ4n) is 2.53. The zero-order valence-corrected chi connectivity index (χ0v) is 14.1. The summed E-state index contributed by atoms with van der Waals surface area (Å²) in [5.74, 6) is 1.30. The van der Waals surface area contributed by atoms with E-state index in [1.165, 1.54) is 0 Å². The SMILES string of the molecule is COc1ccc2cc(/C=N/Nc3nc4ccccc4[nH]3)c(Cl)nc2c1. The topological polar surface area (TPSA) is 75.2 Å². The van der Waals surface area contributed by atoms with Crippen LogP contribution in [-0.2, 0) is 0 Å². The van der Waals surface area contributed by atoms with Gasteiger partial charge in [-0.25, -0.2) is 15.4 Å². The van der Waals surface area contributed by atoms with Gasteiger partial charge in [0.2, 0.25) is 5.95 Å². The van der Waals surface area contributed by atoms with E-state index in [0.29, 0.717) is 16.7 Å². The first-order chi connectivity index (χ1) is 12.2. The minimum absolute atomic E-state index is 0.371. The highest BCUT2D eigenvalue weighted by Crippen LogP contribution is 2.23. The molecule has 0 aliphatic carbocycles. The van der Waals surface area contributed by atoms with E-state index in [2.05, 4.69) is 25.5 Å². The monoisotopic (exact) mass is 351 g/mol. The number of ether oxygens (including phenoxy) is 1. The van der Waals surface area contributed by atoms with Crippen molar-refractivity contribution in [2.24, 2.45) is 5.10 Å². The number of hydrazone groups is 1. The van der Waals surface area contributed by atoms with Crippen LogP contribution in [0.15, 0.2) is 53.6 Å². The van der Waals surface area contributed by atoms with Crippen molar-refractivity contribution < 1.29 is 4.74 Å². The average Bonchev–Trinajstić information content (AvgIpc) is 3.04. The molecule has 2 N–H and O–H groups in total. The number of aromatic nitrogens is 3. The van der Waals surface area contributed by atoms with Gasteiger partial charge in [-0.3, -0.25) is 0 Å². The van der Waals surface area contributed by atoms with E-state index >= 15 is 0 Å². The fraction of sp³-hybridized carbons (Fsp3) is 0.0556. The molecule has 4 rings (SSSR count). The van der Waals surface area contributed by atoms with Gasteiger partial charge >= 0.3 is 0 Å². The largest absolute Gasteiger partial charge is 0.497 e. The first kappa shape index (κ1) is 15.4. The maximum absolute atomic E-state index is 6.25. The maximum Gasteiger partial charge on any atom is 0.222 e. The third-order valence-corrected chi connectivity index (χ3v) is 4.07. The van der Waals surface area contributed by atoms with Crippen LogP contribution in [0.3, 0.4) is 0 Å². The number of aromatic amines is 1. The summed E-state index contributed by atoms with van der Waals surface area (Å²) >= 11 is 6.25. The van der Waals surface area contributed by atoms with Gasteiger partial charge in [0.05, 0.1) is 29.9 Å². The molecule has 0 saturated heterocycles. The lowest BCUT2D eigenvalue weighted by Crippen LogP contribution is -1.94. The number of nitrogens with one attached hydrogen (secondary N) is 2. The number of rotatable bonds is 4. The highest BCUT2D eigenvalue weighted by atomic mass is 35.5. The van der Waals surface area contributed by atoms with Gasteiger partial charge < -0.3 is 9.72 Å². The zero-order chi connectivity index (χ0) is 17.2. The van der Waals surface area contributed by atoms with Crippen molar-refractivity contribution in [2.75, 3.05) is 12.5 Å². The van der Waals surface area contributed by atoms with Crippen molar-refractivity contribution in [3.8, 4) is 5.75 Å². The standard InChI is InChI=1S/C18H14ClN5O/c1-25-13-7-6-11-8-12(17(19)21-16(11)9-13)10-20-24-18-22-14-4-2-3-5-15(14)23-18/h2-10H,1H3,(H2,22,23,24)/b20-10+. The van der Waals surface area contributed by atoms with Crippen LogP contribution in [0.2, 0.25) is 5.15 Å². The number of hydrogen-bond donors (Lipinski definition) is 2. The number of para-hydroxylation sites is 2. The highest BCUT2D eigenvalue weighted by Gasteiger charge is 2.05. The molecule has 2 heterocycles. The maximum atomic E-state index is 6.25. The molecule has 6 nitrogen and oxygen atoms in total. The van der Waals surface area contributed by atoms with E-state index in [9.17, 15) is 0 Å². The molecule has 0 amide bonds. The number of halogens is 1. The van der Waals surface area contributed by atoms with E-state index in [1.807, 2.05) is 48.5 Å². The van der Waals surface area contributed by atoms with Gasteiger partial charge in [0.25, 0.3) is 0 Å². The van der Waals surface area contributed by atoms with Crippen molar-refractivity contribution in [1.82, 2.24) is 15.0 Å². The third kappa shape index (κ3) is 3.12. The van der Waals surface area contributed by atoms with E-state index in [4.69, 9.17) is 16.3 Å². The molecule has 7 heteroatoms. The number of hydrogen-bond acceptors (Lipinski definition) is 5. The van der Waals surface area contributed by atoms with Gasteiger partial charge in [-0.1, -0.05) is 23.7 Å². The molecule has 0 radical (unpaired) electrons. The normalized spacial score (nSPS) is 11.4. The van der Waals surface area contributed by atoms with Gasteiger partial charge in [0, 0.05) is 17.0 Å². The van der Waals surface area contributed by atoms with Crippen LogP contribution in [0.4, 0.5) is 5.95 Å². The van der Waals surface area contributed by atoms with Crippen molar-refractivity contribution in [1.29, 1.82) is 0 Å².